The third-order valence-corrected chi connectivity index (χ3v) is 7.43. The van der Waals surface area contributed by atoms with Crippen LogP contribution in [0.3, 0.4) is 0 Å². The minimum atomic E-state index is -1.26. The lowest BCUT2D eigenvalue weighted by Crippen LogP contribution is -2.46. The number of aliphatic carboxylic acids is 4. The Morgan fingerprint density at radius 2 is 1.12 bits per heavy atom. The van der Waals surface area contributed by atoms with Crippen molar-refractivity contribution in [3.05, 3.63) is 132 Å². The number of fused-ring (bicyclic) bond motifs is 1. The van der Waals surface area contributed by atoms with Gasteiger partial charge in [0, 0.05) is 75.6 Å². The number of hydrogen-bond acceptors (Lipinski definition) is 8. The highest BCUT2D eigenvalue weighted by molar-refractivity contribution is 5.96. The number of piperazine rings is 1. The largest absolute Gasteiger partial charge is 0.478 e. The highest BCUT2D eigenvalue weighted by Gasteiger charge is 2.20. The van der Waals surface area contributed by atoms with Gasteiger partial charge in [0.25, 0.3) is 0 Å². The first-order valence-electron chi connectivity index (χ1n) is 16.0. The predicted octanol–water partition coefficient (Wildman–Crippen LogP) is 4.56. The van der Waals surface area contributed by atoms with Crippen LogP contribution < -0.4 is 0 Å². The van der Waals surface area contributed by atoms with Crippen LogP contribution in [0.5, 0.6) is 0 Å². The Morgan fingerprint density at radius 3 is 1.67 bits per heavy atom. The van der Waals surface area contributed by atoms with Crippen molar-refractivity contribution >= 4 is 46.8 Å². The summed E-state index contributed by atoms with van der Waals surface area (Å²) in [6.45, 7) is 6.56. The Balaban J connectivity index is 0.000000366. The van der Waals surface area contributed by atoms with Crippen LogP contribution in [-0.4, -0.2) is 102 Å². The lowest BCUT2D eigenvalue weighted by Gasteiger charge is -2.34. The van der Waals surface area contributed by atoms with E-state index in [0.29, 0.717) is 37.3 Å². The first-order valence-corrected chi connectivity index (χ1v) is 16.0. The van der Waals surface area contributed by atoms with E-state index >= 15 is 0 Å². The zero-order valence-electron chi connectivity index (χ0n) is 27.8. The minimum Gasteiger partial charge on any atom is -0.478 e. The molecule has 266 valence electrons. The van der Waals surface area contributed by atoms with Gasteiger partial charge in [-0.2, -0.15) is 0 Å². The van der Waals surface area contributed by atoms with Crippen molar-refractivity contribution in [2.75, 3.05) is 32.7 Å². The maximum atomic E-state index is 12.7. The molecule has 0 bridgehead atoms. The fraction of sp³-hybridized carbons (Fsp3) is 0.211. The van der Waals surface area contributed by atoms with E-state index in [4.69, 9.17) is 25.4 Å². The van der Waals surface area contributed by atoms with Gasteiger partial charge in [-0.15, -0.1) is 0 Å². The number of carbonyl (C=O) groups excluding carboxylic acids is 1. The summed E-state index contributed by atoms with van der Waals surface area (Å²) in [5, 5.41) is 31.2. The summed E-state index contributed by atoms with van der Waals surface area (Å²) >= 11 is 0. The molecule has 1 aliphatic rings. The number of carbonyl (C=O) groups is 5. The molecule has 2 heterocycles. The zero-order chi connectivity index (χ0) is 37.0. The summed E-state index contributed by atoms with van der Waals surface area (Å²) < 4.78 is 2.24. The fourth-order valence-corrected chi connectivity index (χ4v) is 4.99. The molecular weight excluding hydrogens is 656 g/mol. The molecule has 1 fully saturated rings. The lowest BCUT2D eigenvalue weighted by atomic mass is 10.1. The number of rotatable bonds is 13. The Morgan fingerprint density at radius 1 is 0.627 bits per heavy atom. The van der Waals surface area contributed by atoms with Gasteiger partial charge in [-0.1, -0.05) is 84.9 Å². The fourth-order valence-electron chi connectivity index (χ4n) is 4.99. The molecule has 0 spiro atoms. The summed E-state index contributed by atoms with van der Waals surface area (Å²) in [5.41, 5.74) is 4.12. The van der Waals surface area contributed by atoms with E-state index in [1.165, 1.54) is 5.56 Å². The van der Waals surface area contributed by atoms with E-state index < -0.39 is 23.9 Å². The van der Waals surface area contributed by atoms with Crippen LogP contribution in [-0.2, 0) is 32.3 Å². The van der Waals surface area contributed by atoms with Gasteiger partial charge >= 0.3 is 23.9 Å². The molecule has 5 rings (SSSR count). The van der Waals surface area contributed by atoms with E-state index in [9.17, 15) is 24.0 Å². The van der Waals surface area contributed by atoms with Crippen LogP contribution in [0.15, 0.2) is 115 Å². The second-order valence-corrected chi connectivity index (χ2v) is 11.1. The summed E-state index contributed by atoms with van der Waals surface area (Å²) in [6.07, 6.45) is 7.16. The van der Waals surface area contributed by atoms with Gasteiger partial charge in [-0.05, 0) is 17.7 Å². The number of para-hydroxylation sites is 2. The lowest BCUT2D eigenvalue weighted by molar-refractivity contribution is -0.134. The van der Waals surface area contributed by atoms with Crippen molar-refractivity contribution in [1.29, 1.82) is 0 Å². The molecule has 13 nitrogen and oxygen atoms in total. The maximum absolute atomic E-state index is 12.7. The summed E-state index contributed by atoms with van der Waals surface area (Å²) in [6, 6.07) is 28.3. The van der Waals surface area contributed by atoms with E-state index in [1.54, 1.807) is 0 Å². The van der Waals surface area contributed by atoms with Crippen LogP contribution in [0, 0.1) is 0 Å². The average Bonchev–Trinajstić information content (AvgIpc) is 3.47. The average molecular weight is 697 g/mol. The molecule has 0 unspecified atom stereocenters. The number of nitrogens with zero attached hydrogens (tertiary/aromatic N) is 4. The van der Waals surface area contributed by atoms with E-state index in [2.05, 4.69) is 62.9 Å². The summed E-state index contributed by atoms with van der Waals surface area (Å²) in [5.74, 6) is -3.81. The number of aromatic nitrogens is 2. The standard InChI is InChI=1S/C30H32N4O.2C4H4O4/c35-29(26-13-5-2-6-14-26)17-19-34-28-16-8-7-15-27(28)31-30(34)24-33-22-20-32(21-23-33)18-9-12-25-10-3-1-4-11-25;2*5-3(6)1-2-4(7)8/h1-16H,17-24H2;2*1-2H,(H,5,6)(H,7,8)/b;2*2-1-. The molecular formula is C38H40N4O9. The number of aryl methyl sites for hydroxylation is 1. The van der Waals surface area contributed by atoms with Crippen molar-refractivity contribution in [3.8, 4) is 0 Å². The normalized spacial score (nSPS) is 13.4. The SMILES string of the molecule is O=C(CCn1c(CN2CCN(CC=Cc3ccccc3)CC2)nc2ccccc21)c1ccccc1.O=C(O)/C=C\C(=O)O.O=C(O)/C=C\C(=O)O. The number of hydrogen-bond donors (Lipinski definition) is 4. The molecule has 0 radical (unpaired) electrons. The Labute approximate surface area is 294 Å². The quantitative estimate of drug-likeness (QED) is 0.113. The number of carboxylic acid groups (broad SMARTS) is 4. The summed E-state index contributed by atoms with van der Waals surface area (Å²) in [7, 11) is 0. The third-order valence-electron chi connectivity index (χ3n) is 7.43. The van der Waals surface area contributed by atoms with Gasteiger partial charge in [-0.3, -0.25) is 14.6 Å². The van der Waals surface area contributed by atoms with Crippen molar-refractivity contribution in [2.24, 2.45) is 0 Å². The smallest absolute Gasteiger partial charge is 0.328 e. The number of ketones is 1. The van der Waals surface area contributed by atoms with Gasteiger partial charge in [-0.25, -0.2) is 24.2 Å². The van der Waals surface area contributed by atoms with Gasteiger partial charge in [0.05, 0.1) is 17.6 Å². The van der Waals surface area contributed by atoms with Crippen molar-refractivity contribution < 1.29 is 44.4 Å². The van der Waals surface area contributed by atoms with Gasteiger partial charge in [0.2, 0.25) is 0 Å². The van der Waals surface area contributed by atoms with Gasteiger partial charge < -0.3 is 25.0 Å². The second-order valence-electron chi connectivity index (χ2n) is 11.1. The molecule has 0 amide bonds. The Bertz CT molecular complexity index is 1780. The van der Waals surface area contributed by atoms with Crippen LogP contribution in [0.2, 0.25) is 0 Å². The first-order chi connectivity index (χ1) is 24.5. The van der Waals surface area contributed by atoms with Crippen molar-refractivity contribution in [2.45, 2.75) is 19.5 Å². The molecule has 1 aliphatic heterocycles. The Kier molecular flexibility index (Phi) is 16.2. The highest BCUT2D eigenvalue weighted by Crippen LogP contribution is 2.19. The van der Waals surface area contributed by atoms with Crippen LogP contribution >= 0.6 is 0 Å². The molecule has 51 heavy (non-hydrogen) atoms. The van der Waals surface area contributed by atoms with E-state index in [0.717, 1.165) is 61.7 Å². The molecule has 13 heteroatoms. The molecule has 0 saturated carbocycles. The third kappa shape index (κ3) is 14.9. The topological polar surface area (TPSA) is 191 Å². The maximum Gasteiger partial charge on any atom is 0.328 e. The number of Topliss-reactive ketones (excluding diaryl/α,β-unsaturated/α-hetero) is 1. The number of benzene rings is 3. The molecule has 4 aromatic rings. The van der Waals surface area contributed by atoms with Crippen LogP contribution in [0.4, 0.5) is 0 Å². The molecule has 0 aliphatic carbocycles. The minimum absolute atomic E-state index is 0.173. The second kappa shape index (κ2) is 21.0. The zero-order valence-corrected chi connectivity index (χ0v) is 27.8. The van der Waals surface area contributed by atoms with E-state index in [-0.39, 0.29) is 5.78 Å². The molecule has 4 N–H and O–H groups in total. The number of carboxylic acids is 4. The van der Waals surface area contributed by atoms with Crippen LogP contribution in [0.25, 0.3) is 17.1 Å². The first kappa shape index (κ1) is 39.3. The van der Waals surface area contributed by atoms with E-state index in [1.807, 2.05) is 48.5 Å². The van der Waals surface area contributed by atoms with Crippen molar-refractivity contribution in [1.82, 2.24) is 19.4 Å². The van der Waals surface area contributed by atoms with Crippen LogP contribution in [0.1, 0.15) is 28.2 Å². The number of imidazole rings is 1. The molecule has 0 atom stereocenters. The van der Waals surface area contributed by atoms with Gasteiger partial charge in [0.15, 0.2) is 5.78 Å². The highest BCUT2D eigenvalue weighted by atomic mass is 16.4. The molecule has 1 saturated heterocycles. The van der Waals surface area contributed by atoms with Crippen molar-refractivity contribution in [3.63, 3.8) is 0 Å². The molecule has 1 aromatic heterocycles. The van der Waals surface area contributed by atoms with Gasteiger partial charge in [0.1, 0.15) is 5.82 Å². The molecule has 3 aromatic carbocycles. The summed E-state index contributed by atoms with van der Waals surface area (Å²) in [4.78, 5) is 60.9. The monoisotopic (exact) mass is 696 g/mol. The predicted molar refractivity (Wildman–Crippen MR) is 191 cm³/mol. The Hall–Kier alpha value is -6.18.